The molecule has 0 aromatic rings. The Kier molecular flexibility index (Phi) is 5.23. The predicted molar refractivity (Wildman–Crippen MR) is 47.0 cm³/mol. The summed E-state index contributed by atoms with van der Waals surface area (Å²) in [6.45, 7) is -0.440. The van der Waals surface area contributed by atoms with Gasteiger partial charge in [0.15, 0.2) is 0 Å². The highest BCUT2D eigenvalue weighted by Gasteiger charge is 2.11. The third-order valence-electron chi connectivity index (χ3n) is 1.48. The summed E-state index contributed by atoms with van der Waals surface area (Å²) < 4.78 is 0. The molecule has 14 heavy (non-hydrogen) atoms. The van der Waals surface area contributed by atoms with Crippen molar-refractivity contribution in [3.8, 4) is 0 Å². The molecule has 0 saturated heterocycles. The Morgan fingerprint density at radius 1 is 1.36 bits per heavy atom. The van der Waals surface area contributed by atoms with Crippen LogP contribution in [-0.2, 0) is 14.4 Å². The van der Waals surface area contributed by atoms with Crippen LogP contribution in [0.15, 0.2) is 0 Å². The Labute approximate surface area is 80.4 Å². The molecule has 0 bridgehead atoms. The van der Waals surface area contributed by atoms with Crippen LogP contribution >= 0.6 is 0 Å². The number of carbonyl (C=O) groups excluding carboxylic acids is 2. The van der Waals surface area contributed by atoms with Crippen molar-refractivity contribution in [2.75, 3.05) is 6.54 Å². The average molecular weight is 203 g/mol. The van der Waals surface area contributed by atoms with Gasteiger partial charge in [0.1, 0.15) is 6.54 Å². The van der Waals surface area contributed by atoms with E-state index < -0.39 is 30.4 Å². The van der Waals surface area contributed by atoms with Crippen molar-refractivity contribution in [3.05, 3.63) is 0 Å². The standard InChI is InChI=1S/C7H13N3O4/c8-4(7(9)14)1-2-5(11)10-3-6(12)13/h4H,1-3,8H2,(H2,9,14)(H,10,11)(H,12,13)/t4-/m0/s1. The smallest absolute Gasteiger partial charge is 0.322 e. The number of carboxylic acids is 1. The fourth-order valence-electron chi connectivity index (χ4n) is 0.691. The van der Waals surface area contributed by atoms with Crippen LogP contribution in [0.5, 0.6) is 0 Å². The summed E-state index contributed by atoms with van der Waals surface area (Å²) in [6, 6.07) is -0.870. The zero-order chi connectivity index (χ0) is 11.1. The molecule has 0 aromatic heterocycles. The largest absolute Gasteiger partial charge is 0.480 e. The van der Waals surface area contributed by atoms with Gasteiger partial charge in [-0.25, -0.2) is 0 Å². The molecule has 0 radical (unpaired) electrons. The van der Waals surface area contributed by atoms with Gasteiger partial charge in [0.2, 0.25) is 11.8 Å². The van der Waals surface area contributed by atoms with Gasteiger partial charge >= 0.3 is 5.97 Å². The minimum Gasteiger partial charge on any atom is -0.480 e. The third kappa shape index (κ3) is 5.95. The fourth-order valence-corrected chi connectivity index (χ4v) is 0.691. The molecule has 7 heteroatoms. The highest BCUT2D eigenvalue weighted by molar-refractivity contribution is 5.83. The van der Waals surface area contributed by atoms with Crippen LogP contribution in [-0.4, -0.2) is 35.5 Å². The van der Waals surface area contributed by atoms with Crippen LogP contribution < -0.4 is 16.8 Å². The summed E-state index contributed by atoms with van der Waals surface area (Å²) in [7, 11) is 0. The molecular formula is C7H13N3O4. The topological polar surface area (TPSA) is 136 Å². The van der Waals surface area contributed by atoms with Crippen LogP contribution in [0.3, 0.4) is 0 Å². The van der Waals surface area contributed by atoms with E-state index in [1.807, 2.05) is 0 Å². The summed E-state index contributed by atoms with van der Waals surface area (Å²) in [6.07, 6.45) is 0.0954. The first-order valence-corrected chi connectivity index (χ1v) is 3.97. The summed E-state index contributed by atoms with van der Waals surface area (Å²) in [4.78, 5) is 31.4. The maximum absolute atomic E-state index is 10.9. The normalized spacial score (nSPS) is 11.8. The Bertz CT molecular complexity index is 241. The minimum absolute atomic E-state index is 0.0165. The van der Waals surface area contributed by atoms with Gasteiger partial charge < -0.3 is 21.9 Å². The molecule has 0 unspecified atom stereocenters. The van der Waals surface area contributed by atoms with E-state index in [-0.39, 0.29) is 12.8 Å². The number of hydrogen-bond donors (Lipinski definition) is 4. The second-order valence-electron chi connectivity index (χ2n) is 2.72. The number of carbonyl (C=O) groups is 3. The van der Waals surface area contributed by atoms with Crippen molar-refractivity contribution in [1.82, 2.24) is 5.32 Å². The fraction of sp³-hybridized carbons (Fsp3) is 0.571. The van der Waals surface area contributed by atoms with Gasteiger partial charge in [-0.05, 0) is 6.42 Å². The molecule has 0 aliphatic heterocycles. The van der Waals surface area contributed by atoms with Crippen LogP contribution in [0.4, 0.5) is 0 Å². The van der Waals surface area contributed by atoms with Crippen LogP contribution in [0, 0.1) is 0 Å². The summed E-state index contributed by atoms with van der Waals surface area (Å²) in [5, 5.41) is 10.3. The number of aliphatic carboxylic acids is 1. The van der Waals surface area contributed by atoms with Crippen LogP contribution in [0.2, 0.25) is 0 Å². The molecule has 0 aromatic carbocycles. The number of rotatable bonds is 6. The second kappa shape index (κ2) is 5.92. The van der Waals surface area contributed by atoms with E-state index in [1.54, 1.807) is 0 Å². The van der Waals surface area contributed by atoms with Gasteiger partial charge in [-0.3, -0.25) is 14.4 Å². The molecule has 2 amide bonds. The van der Waals surface area contributed by atoms with Gasteiger partial charge in [-0.15, -0.1) is 0 Å². The van der Waals surface area contributed by atoms with E-state index in [0.29, 0.717) is 0 Å². The summed E-state index contributed by atoms with van der Waals surface area (Å²) in [5.74, 6) is -2.28. The van der Waals surface area contributed by atoms with Crippen molar-refractivity contribution >= 4 is 17.8 Å². The first-order valence-electron chi connectivity index (χ1n) is 3.97. The Balaban J connectivity index is 3.64. The van der Waals surface area contributed by atoms with E-state index in [2.05, 4.69) is 5.32 Å². The molecule has 0 saturated carbocycles. The molecule has 0 spiro atoms. The van der Waals surface area contributed by atoms with Crippen molar-refractivity contribution in [3.63, 3.8) is 0 Å². The molecule has 0 fully saturated rings. The molecule has 80 valence electrons. The third-order valence-corrected chi connectivity index (χ3v) is 1.48. The van der Waals surface area contributed by atoms with Gasteiger partial charge in [0.05, 0.1) is 6.04 Å². The van der Waals surface area contributed by atoms with Crippen molar-refractivity contribution in [2.24, 2.45) is 11.5 Å². The molecule has 0 rings (SSSR count). The summed E-state index contributed by atoms with van der Waals surface area (Å²) in [5.41, 5.74) is 10.1. The SMILES string of the molecule is NC(=O)[C@@H](N)CCC(=O)NCC(=O)O. The number of primary amides is 1. The van der Waals surface area contributed by atoms with Gasteiger partial charge in [0, 0.05) is 6.42 Å². The highest BCUT2D eigenvalue weighted by atomic mass is 16.4. The lowest BCUT2D eigenvalue weighted by atomic mass is 10.1. The first-order chi connectivity index (χ1) is 6.43. The maximum Gasteiger partial charge on any atom is 0.322 e. The van der Waals surface area contributed by atoms with Gasteiger partial charge in [-0.1, -0.05) is 0 Å². The van der Waals surface area contributed by atoms with Crippen LogP contribution in [0.25, 0.3) is 0 Å². The molecule has 7 nitrogen and oxygen atoms in total. The van der Waals surface area contributed by atoms with E-state index in [4.69, 9.17) is 16.6 Å². The van der Waals surface area contributed by atoms with Crippen molar-refractivity contribution in [2.45, 2.75) is 18.9 Å². The molecule has 0 aliphatic carbocycles. The van der Waals surface area contributed by atoms with Gasteiger partial charge in [-0.2, -0.15) is 0 Å². The Hall–Kier alpha value is -1.63. The average Bonchev–Trinajstić information content (AvgIpc) is 2.10. The van der Waals surface area contributed by atoms with Gasteiger partial charge in [0.25, 0.3) is 0 Å². The number of amides is 2. The maximum atomic E-state index is 10.9. The van der Waals surface area contributed by atoms with E-state index in [1.165, 1.54) is 0 Å². The molecule has 0 aliphatic rings. The van der Waals surface area contributed by atoms with E-state index in [9.17, 15) is 14.4 Å². The number of hydrogen-bond acceptors (Lipinski definition) is 4. The van der Waals surface area contributed by atoms with E-state index >= 15 is 0 Å². The first kappa shape index (κ1) is 12.4. The van der Waals surface area contributed by atoms with Crippen molar-refractivity contribution in [1.29, 1.82) is 0 Å². The lowest BCUT2D eigenvalue weighted by Gasteiger charge is -2.06. The Morgan fingerprint density at radius 3 is 2.36 bits per heavy atom. The second-order valence-corrected chi connectivity index (χ2v) is 2.72. The molecule has 1 atom stereocenters. The molecule has 0 heterocycles. The molecular weight excluding hydrogens is 190 g/mol. The highest BCUT2D eigenvalue weighted by Crippen LogP contribution is 1.93. The summed E-state index contributed by atoms with van der Waals surface area (Å²) >= 11 is 0. The minimum atomic E-state index is -1.13. The predicted octanol–water partition coefficient (Wildman–Crippen LogP) is -2.22. The zero-order valence-electron chi connectivity index (χ0n) is 7.53. The van der Waals surface area contributed by atoms with E-state index in [0.717, 1.165) is 0 Å². The lowest BCUT2D eigenvalue weighted by Crippen LogP contribution is -2.38. The quantitative estimate of drug-likeness (QED) is 0.387. The lowest BCUT2D eigenvalue weighted by molar-refractivity contribution is -0.138. The van der Waals surface area contributed by atoms with Crippen molar-refractivity contribution < 1.29 is 19.5 Å². The Morgan fingerprint density at radius 2 is 1.93 bits per heavy atom. The monoisotopic (exact) mass is 203 g/mol. The molecule has 6 N–H and O–H groups in total. The van der Waals surface area contributed by atoms with Crippen LogP contribution in [0.1, 0.15) is 12.8 Å². The number of carboxylic acid groups (broad SMARTS) is 1. The zero-order valence-corrected chi connectivity index (χ0v) is 7.53. The number of nitrogens with two attached hydrogens (primary N) is 2. The number of nitrogens with one attached hydrogen (secondary N) is 1.